The molecule has 0 bridgehead atoms. The fraction of sp³-hybridized carbons (Fsp3) is 0.625. The van der Waals surface area contributed by atoms with Crippen LogP contribution in [-0.4, -0.2) is 30.6 Å². The van der Waals surface area contributed by atoms with Crippen molar-refractivity contribution in [3.05, 3.63) is 24.3 Å². The third-order valence-electron chi connectivity index (χ3n) is 4.12. The summed E-state index contributed by atoms with van der Waals surface area (Å²) in [5.41, 5.74) is 2.76. The van der Waals surface area contributed by atoms with Gasteiger partial charge >= 0.3 is 0 Å². The van der Waals surface area contributed by atoms with Crippen molar-refractivity contribution >= 4 is 23.1 Å². The Hall–Kier alpha value is -0.830. The van der Waals surface area contributed by atoms with E-state index in [0.29, 0.717) is 6.04 Å². The van der Waals surface area contributed by atoms with Gasteiger partial charge in [0.15, 0.2) is 0 Å². The molecule has 1 aromatic rings. The first kappa shape index (κ1) is 13.2. The average Bonchev–Trinajstić information content (AvgIpc) is 2.50. The Bertz CT molecular complexity index is 395. The van der Waals surface area contributed by atoms with E-state index in [0.717, 1.165) is 0 Å². The molecule has 0 saturated carbocycles. The summed E-state index contributed by atoms with van der Waals surface area (Å²) >= 11 is 2.09. The second-order valence-electron chi connectivity index (χ2n) is 5.62. The van der Waals surface area contributed by atoms with E-state index in [-0.39, 0.29) is 0 Å². The van der Waals surface area contributed by atoms with Crippen LogP contribution in [0, 0.1) is 0 Å². The van der Waals surface area contributed by atoms with Crippen LogP contribution in [0.2, 0.25) is 0 Å². The van der Waals surface area contributed by atoms with Crippen molar-refractivity contribution in [1.29, 1.82) is 0 Å². The Morgan fingerprint density at radius 1 is 1.05 bits per heavy atom. The van der Waals surface area contributed by atoms with Gasteiger partial charge in [0.25, 0.3) is 0 Å². The molecule has 0 aromatic heterocycles. The summed E-state index contributed by atoms with van der Waals surface area (Å²) in [4.78, 5) is 2.56. The van der Waals surface area contributed by atoms with Crippen molar-refractivity contribution in [3.8, 4) is 0 Å². The Labute approximate surface area is 121 Å². The lowest BCUT2D eigenvalue weighted by Crippen LogP contribution is -2.31. The standard InChI is InChI=1S/C16H24N2S/c1-4-10-18(11-5-1)16-9-3-2-8-15(16)17-14-7-6-12-19-13-14/h2-3,8-9,14,17H,1,4-7,10-13H2. The van der Waals surface area contributed by atoms with Gasteiger partial charge < -0.3 is 10.2 Å². The van der Waals surface area contributed by atoms with E-state index in [1.165, 1.54) is 68.1 Å². The number of nitrogens with one attached hydrogen (secondary N) is 1. The van der Waals surface area contributed by atoms with Gasteiger partial charge in [0, 0.05) is 24.9 Å². The maximum atomic E-state index is 3.78. The van der Waals surface area contributed by atoms with Gasteiger partial charge in [-0.25, -0.2) is 0 Å². The van der Waals surface area contributed by atoms with Crippen LogP contribution in [0.5, 0.6) is 0 Å². The first-order valence-corrected chi connectivity index (χ1v) is 8.77. The van der Waals surface area contributed by atoms with E-state index in [1.807, 2.05) is 0 Å². The summed E-state index contributed by atoms with van der Waals surface area (Å²) in [6.45, 7) is 2.44. The third kappa shape index (κ3) is 3.38. The number of para-hydroxylation sites is 2. The van der Waals surface area contributed by atoms with Crippen LogP contribution in [0.4, 0.5) is 11.4 Å². The van der Waals surface area contributed by atoms with Crippen molar-refractivity contribution in [3.63, 3.8) is 0 Å². The number of piperidine rings is 1. The average molecular weight is 276 g/mol. The molecular formula is C16H24N2S. The summed E-state index contributed by atoms with van der Waals surface area (Å²) in [6, 6.07) is 9.52. The Balaban J connectivity index is 1.72. The van der Waals surface area contributed by atoms with Crippen LogP contribution >= 0.6 is 11.8 Å². The Kier molecular flexibility index (Phi) is 4.54. The van der Waals surface area contributed by atoms with Gasteiger partial charge in [-0.2, -0.15) is 11.8 Å². The molecule has 1 aromatic carbocycles. The molecule has 1 N–H and O–H groups in total. The van der Waals surface area contributed by atoms with Crippen LogP contribution in [0.1, 0.15) is 32.1 Å². The summed E-state index contributed by atoms with van der Waals surface area (Å²) in [7, 11) is 0. The quantitative estimate of drug-likeness (QED) is 0.899. The SMILES string of the molecule is c1ccc(N2CCCCC2)c(NC2CCCSC2)c1. The molecule has 3 heteroatoms. The maximum Gasteiger partial charge on any atom is 0.0602 e. The molecule has 104 valence electrons. The number of rotatable bonds is 3. The number of hydrogen-bond acceptors (Lipinski definition) is 3. The van der Waals surface area contributed by atoms with Crippen molar-refractivity contribution in [2.45, 2.75) is 38.1 Å². The summed E-state index contributed by atoms with van der Waals surface area (Å²) < 4.78 is 0. The second kappa shape index (κ2) is 6.56. The van der Waals surface area contributed by atoms with Crippen molar-refractivity contribution in [2.75, 3.05) is 34.8 Å². The fourth-order valence-electron chi connectivity index (χ4n) is 3.08. The lowest BCUT2D eigenvalue weighted by Gasteiger charge is -2.32. The smallest absolute Gasteiger partial charge is 0.0602 e. The summed E-state index contributed by atoms with van der Waals surface area (Å²) in [5, 5.41) is 3.78. The predicted molar refractivity (Wildman–Crippen MR) is 86.5 cm³/mol. The second-order valence-corrected chi connectivity index (χ2v) is 6.77. The largest absolute Gasteiger partial charge is 0.380 e. The highest BCUT2D eigenvalue weighted by molar-refractivity contribution is 7.99. The minimum Gasteiger partial charge on any atom is -0.380 e. The molecule has 1 unspecified atom stereocenters. The van der Waals surface area contributed by atoms with Gasteiger partial charge in [-0.1, -0.05) is 12.1 Å². The molecule has 2 nitrogen and oxygen atoms in total. The zero-order valence-electron chi connectivity index (χ0n) is 11.6. The molecule has 2 saturated heterocycles. The van der Waals surface area contributed by atoms with Gasteiger partial charge in [-0.15, -0.1) is 0 Å². The first-order chi connectivity index (χ1) is 9.43. The van der Waals surface area contributed by atoms with Gasteiger partial charge in [-0.3, -0.25) is 0 Å². The maximum absolute atomic E-state index is 3.78. The topological polar surface area (TPSA) is 15.3 Å². The molecule has 0 amide bonds. The van der Waals surface area contributed by atoms with E-state index >= 15 is 0 Å². The highest BCUT2D eigenvalue weighted by Crippen LogP contribution is 2.30. The number of benzene rings is 1. The monoisotopic (exact) mass is 276 g/mol. The summed E-state index contributed by atoms with van der Waals surface area (Å²) in [5.74, 6) is 2.60. The van der Waals surface area contributed by atoms with Crippen LogP contribution in [0.3, 0.4) is 0 Å². The minimum atomic E-state index is 0.657. The van der Waals surface area contributed by atoms with E-state index in [2.05, 4.69) is 46.2 Å². The number of hydrogen-bond donors (Lipinski definition) is 1. The molecule has 0 spiro atoms. The van der Waals surface area contributed by atoms with E-state index in [1.54, 1.807) is 0 Å². The first-order valence-electron chi connectivity index (χ1n) is 7.62. The minimum absolute atomic E-state index is 0.657. The lowest BCUT2D eigenvalue weighted by molar-refractivity contribution is 0.577. The Morgan fingerprint density at radius 2 is 1.89 bits per heavy atom. The third-order valence-corrected chi connectivity index (χ3v) is 5.34. The predicted octanol–water partition coefficient (Wildman–Crippen LogP) is 3.98. The molecule has 2 aliphatic rings. The molecule has 2 heterocycles. The normalized spacial score (nSPS) is 24.2. The molecule has 1 atom stereocenters. The van der Waals surface area contributed by atoms with Gasteiger partial charge in [0.2, 0.25) is 0 Å². The van der Waals surface area contributed by atoms with Crippen molar-refractivity contribution in [2.24, 2.45) is 0 Å². The number of thioether (sulfide) groups is 1. The molecular weight excluding hydrogens is 252 g/mol. The highest BCUT2D eigenvalue weighted by atomic mass is 32.2. The molecule has 19 heavy (non-hydrogen) atoms. The van der Waals surface area contributed by atoms with Gasteiger partial charge in [0.05, 0.1) is 11.4 Å². The number of anilines is 2. The zero-order chi connectivity index (χ0) is 12.9. The summed E-state index contributed by atoms with van der Waals surface area (Å²) in [6.07, 6.45) is 6.75. The fourth-order valence-corrected chi connectivity index (χ4v) is 4.15. The van der Waals surface area contributed by atoms with Crippen LogP contribution < -0.4 is 10.2 Å². The highest BCUT2D eigenvalue weighted by Gasteiger charge is 2.18. The molecule has 2 fully saturated rings. The molecule has 0 radical (unpaired) electrons. The molecule has 2 aliphatic heterocycles. The molecule has 3 rings (SSSR count). The van der Waals surface area contributed by atoms with Crippen molar-refractivity contribution < 1.29 is 0 Å². The van der Waals surface area contributed by atoms with Gasteiger partial charge in [0.1, 0.15) is 0 Å². The van der Waals surface area contributed by atoms with Crippen LogP contribution in [0.15, 0.2) is 24.3 Å². The van der Waals surface area contributed by atoms with Crippen molar-refractivity contribution in [1.82, 2.24) is 0 Å². The zero-order valence-corrected chi connectivity index (χ0v) is 12.4. The van der Waals surface area contributed by atoms with E-state index in [9.17, 15) is 0 Å². The van der Waals surface area contributed by atoms with Gasteiger partial charge in [-0.05, 0) is 50.0 Å². The molecule has 0 aliphatic carbocycles. The van der Waals surface area contributed by atoms with Crippen LogP contribution in [0.25, 0.3) is 0 Å². The van der Waals surface area contributed by atoms with E-state index < -0.39 is 0 Å². The lowest BCUT2D eigenvalue weighted by atomic mass is 10.1. The van der Waals surface area contributed by atoms with Crippen LogP contribution in [-0.2, 0) is 0 Å². The Morgan fingerprint density at radius 3 is 2.68 bits per heavy atom. The van der Waals surface area contributed by atoms with E-state index in [4.69, 9.17) is 0 Å². The number of nitrogens with zero attached hydrogens (tertiary/aromatic N) is 1.